The van der Waals surface area contributed by atoms with Gasteiger partial charge in [0.2, 0.25) is 0 Å². The van der Waals surface area contributed by atoms with Crippen molar-refractivity contribution in [2.75, 3.05) is 43.6 Å². The second kappa shape index (κ2) is 9.22. The zero-order valence-corrected chi connectivity index (χ0v) is 16.9. The first-order chi connectivity index (χ1) is 14.2. The normalized spacial score (nSPS) is 17.8. The Labute approximate surface area is 171 Å². The molecule has 0 radical (unpaired) electrons. The number of nitrogens with zero attached hydrogens (tertiary/aromatic N) is 3. The minimum Gasteiger partial charge on any atom is -0.465 e. The molecule has 1 saturated carbocycles. The molecule has 7 nitrogen and oxygen atoms in total. The lowest BCUT2D eigenvalue weighted by molar-refractivity contribution is 0.0600. The predicted octanol–water partition coefficient (Wildman–Crippen LogP) is 3.51. The molecule has 2 aromatic rings. The van der Waals surface area contributed by atoms with Gasteiger partial charge in [0, 0.05) is 30.9 Å². The summed E-state index contributed by atoms with van der Waals surface area (Å²) >= 11 is 0. The quantitative estimate of drug-likeness (QED) is 0.775. The number of esters is 1. The van der Waals surface area contributed by atoms with Crippen molar-refractivity contribution in [2.24, 2.45) is 0 Å². The summed E-state index contributed by atoms with van der Waals surface area (Å²) in [6.45, 7) is 2.82. The SMILES string of the molecule is COC(=O)c1cc(-c2ccnc(NC3CCCCC3)c2)nc(N2CCOCC2)c1. The summed E-state index contributed by atoms with van der Waals surface area (Å²) in [5.74, 6) is 1.26. The summed E-state index contributed by atoms with van der Waals surface area (Å²) < 4.78 is 10.4. The van der Waals surface area contributed by atoms with Gasteiger partial charge in [0.25, 0.3) is 0 Å². The number of methoxy groups -OCH3 is 1. The van der Waals surface area contributed by atoms with Crippen LogP contribution in [0.4, 0.5) is 11.6 Å². The number of pyridine rings is 2. The summed E-state index contributed by atoms with van der Waals surface area (Å²) in [5, 5.41) is 3.56. The van der Waals surface area contributed by atoms with Crippen molar-refractivity contribution in [1.29, 1.82) is 0 Å². The van der Waals surface area contributed by atoms with Crippen LogP contribution >= 0.6 is 0 Å². The smallest absolute Gasteiger partial charge is 0.338 e. The molecule has 3 heterocycles. The van der Waals surface area contributed by atoms with Crippen LogP contribution in [0.3, 0.4) is 0 Å². The maximum atomic E-state index is 12.2. The van der Waals surface area contributed by atoms with E-state index in [-0.39, 0.29) is 5.97 Å². The average molecular weight is 396 g/mol. The number of carbonyl (C=O) groups is 1. The fourth-order valence-corrected chi connectivity index (χ4v) is 3.98. The lowest BCUT2D eigenvalue weighted by Gasteiger charge is -2.28. The van der Waals surface area contributed by atoms with Crippen LogP contribution in [0, 0.1) is 0 Å². The fraction of sp³-hybridized carbons (Fsp3) is 0.500. The summed E-state index contributed by atoms with van der Waals surface area (Å²) in [6.07, 6.45) is 8.01. The van der Waals surface area contributed by atoms with E-state index >= 15 is 0 Å². The van der Waals surface area contributed by atoms with Crippen LogP contribution in [0.5, 0.6) is 0 Å². The van der Waals surface area contributed by atoms with Gasteiger partial charge in [-0.15, -0.1) is 0 Å². The van der Waals surface area contributed by atoms with Crippen molar-refractivity contribution in [3.05, 3.63) is 36.0 Å². The van der Waals surface area contributed by atoms with Gasteiger partial charge in [-0.25, -0.2) is 14.8 Å². The molecule has 1 saturated heterocycles. The topological polar surface area (TPSA) is 76.6 Å². The van der Waals surface area contributed by atoms with E-state index in [0.29, 0.717) is 24.8 Å². The first-order valence-corrected chi connectivity index (χ1v) is 10.4. The molecule has 0 spiro atoms. The number of aromatic nitrogens is 2. The molecule has 0 unspecified atom stereocenters. The van der Waals surface area contributed by atoms with Crippen LogP contribution in [0.1, 0.15) is 42.5 Å². The van der Waals surface area contributed by atoms with Gasteiger partial charge in [0.15, 0.2) is 0 Å². The second-order valence-electron chi connectivity index (χ2n) is 7.60. The lowest BCUT2D eigenvalue weighted by atomic mass is 9.95. The molecule has 4 rings (SSSR count). The van der Waals surface area contributed by atoms with Crippen LogP contribution in [-0.2, 0) is 9.47 Å². The molecule has 1 aliphatic carbocycles. The zero-order valence-electron chi connectivity index (χ0n) is 16.9. The van der Waals surface area contributed by atoms with Crippen molar-refractivity contribution in [1.82, 2.24) is 9.97 Å². The van der Waals surface area contributed by atoms with Crippen molar-refractivity contribution in [3.8, 4) is 11.3 Å². The highest BCUT2D eigenvalue weighted by atomic mass is 16.5. The Kier molecular flexibility index (Phi) is 6.24. The van der Waals surface area contributed by atoms with E-state index in [2.05, 4.69) is 15.2 Å². The third-order valence-electron chi connectivity index (χ3n) is 5.58. The minimum atomic E-state index is -0.363. The van der Waals surface area contributed by atoms with Gasteiger partial charge in [0.05, 0.1) is 31.6 Å². The molecule has 29 heavy (non-hydrogen) atoms. The van der Waals surface area contributed by atoms with E-state index in [4.69, 9.17) is 14.5 Å². The Morgan fingerprint density at radius 1 is 1.17 bits per heavy atom. The van der Waals surface area contributed by atoms with E-state index in [9.17, 15) is 4.79 Å². The van der Waals surface area contributed by atoms with E-state index < -0.39 is 0 Å². The molecule has 0 aromatic carbocycles. The Hall–Kier alpha value is -2.67. The number of anilines is 2. The number of hydrogen-bond donors (Lipinski definition) is 1. The van der Waals surface area contributed by atoms with Crippen LogP contribution in [0.15, 0.2) is 30.5 Å². The zero-order chi connectivity index (χ0) is 20.1. The molecule has 2 aromatic heterocycles. The molecule has 2 aliphatic rings. The van der Waals surface area contributed by atoms with Crippen molar-refractivity contribution >= 4 is 17.6 Å². The second-order valence-corrected chi connectivity index (χ2v) is 7.60. The molecule has 1 aliphatic heterocycles. The van der Waals surface area contributed by atoms with Crippen LogP contribution in [0.25, 0.3) is 11.3 Å². The molecule has 154 valence electrons. The Morgan fingerprint density at radius 3 is 2.72 bits per heavy atom. The summed E-state index contributed by atoms with van der Waals surface area (Å²) in [5.41, 5.74) is 2.17. The van der Waals surface area contributed by atoms with Crippen molar-refractivity contribution in [2.45, 2.75) is 38.1 Å². The number of ether oxygens (including phenoxy) is 2. The highest BCUT2D eigenvalue weighted by Crippen LogP contribution is 2.27. The first kappa shape index (κ1) is 19.6. The van der Waals surface area contributed by atoms with Gasteiger partial charge < -0.3 is 19.7 Å². The monoisotopic (exact) mass is 396 g/mol. The van der Waals surface area contributed by atoms with Gasteiger partial charge >= 0.3 is 5.97 Å². The van der Waals surface area contributed by atoms with Crippen molar-refractivity contribution < 1.29 is 14.3 Å². The molecule has 0 amide bonds. The Bertz CT molecular complexity index is 846. The third-order valence-corrected chi connectivity index (χ3v) is 5.58. The van der Waals surface area contributed by atoms with E-state index in [1.165, 1.54) is 39.2 Å². The van der Waals surface area contributed by atoms with E-state index in [1.807, 2.05) is 12.1 Å². The number of morpholine rings is 1. The molecular weight excluding hydrogens is 368 g/mol. The lowest BCUT2D eigenvalue weighted by Crippen LogP contribution is -2.36. The van der Waals surface area contributed by atoms with Crippen molar-refractivity contribution in [3.63, 3.8) is 0 Å². The number of carbonyl (C=O) groups excluding carboxylic acids is 1. The van der Waals surface area contributed by atoms with E-state index in [1.54, 1.807) is 18.3 Å². The standard InChI is InChI=1S/C22H28N4O3/c1-28-22(27)17-13-19(25-21(15-17)26-9-11-29-12-10-26)16-7-8-23-20(14-16)24-18-5-3-2-4-6-18/h7-8,13-15,18H,2-6,9-12H2,1H3,(H,23,24). The number of nitrogens with one attached hydrogen (secondary N) is 1. The van der Waals surface area contributed by atoms with Gasteiger partial charge in [0.1, 0.15) is 11.6 Å². The maximum Gasteiger partial charge on any atom is 0.338 e. The summed E-state index contributed by atoms with van der Waals surface area (Å²) in [7, 11) is 1.40. The minimum absolute atomic E-state index is 0.363. The van der Waals surface area contributed by atoms with Crippen LogP contribution < -0.4 is 10.2 Å². The fourth-order valence-electron chi connectivity index (χ4n) is 3.98. The highest BCUT2D eigenvalue weighted by Gasteiger charge is 2.18. The number of hydrogen-bond acceptors (Lipinski definition) is 7. The summed E-state index contributed by atoms with van der Waals surface area (Å²) in [4.78, 5) is 23.7. The Morgan fingerprint density at radius 2 is 1.97 bits per heavy atom. The van der Waals surface area contributed by atoms with Gasteiger partial charge in [-0.1, -0.05) is 19.3 Å². The summed E-state index contributed by atoms with van der Waals surface area (Å²) in [6, 6.07) is 8.00. The van der Waals surface area contributed by atoms with Crippen LogP contribution in [-0.4, -0.2) is 55.4 Å². The number of rotatable bonds is 5. The van der Waals surface area contributed by atoms with Gasteiger partial charge in [-0.3, -0.25) is 0 Å². The predicted molar refractivity (Wildman–Crippen MR) is 112 cm³/mol. The largest absolute Gasteiger partial charge is 0.465 e. The van der Waals surface area contributed by atoms with Crippen LogP contribution in [0.2, 0.25) is 0 Å². The molecule has 0 bridgehead atoms. The molecule has 1 N–H and O–H groups in total. The first-order valence-electron chi connectivity index (χ1n) is 10.4. The third kappa shape index (κ3) is 4.85. The highest BCUT2D eigenvalue weighted by molar-refractivity contribution is 5.91. The van der Waals surface area contributed by atoms with Gasteiger partial charge in [-0.2, -0.15) is 0 Å². The molecule has 0 atom stereocenters. The van der Waals surface area contributed by atoms with Gasteiger partial charge in [-0.05, 0) is 37.1 Å². The van der Waals surface area contributed by atoms with E-state index in [0.717, 1.165) is 36.0 Å². The Balaban J connectivity index is 1.64. The molecular formula is C22H28N4O3. The molecule has 2 fully saturated rings. The average Bonchev–Trinajstić information content (AvgIpc) is 2.79. The maximum absolute atomic E-state index is 12.2. The molecule has 7 heteroatoms.